The zero-order valence-electron chi connectivity index (χ0n) is 16.5. The van der Waals surface area contributed by atoms with Gasteiger partial charge in [0, 0.05) is 32.4 Å². The second kappa shape index (κ2) is 10.5. The van der Waals surface area contributed by atoms with Crippen molar-refractivity contribution < 1.29 is 0 Å². The van der Waals surface area contributed by atoms with Gasteiger partial charge in [0.1, 0.15) is 0 Å². The van der Waals surface area contributed by atoms with E-state index in [2.05, 4.69) is 82.9 Å². The van der Waals surface area contributed by atoms with Crippen molar-refractivity contribution in [1.82, 2.24) is 10.6 Å². The van der Waals surface area contributed by atoms with E-state index in [1.54, 1.807) is 0 Å². The molecule has 0 aliphatic carbocycles. The van der Waals surface area contributed by atoms with Gasteiger partial charge in [0.25, 0.3) is 0 Å². The van der Waals surface area contributed by atoms with Crippen LogP contribution in [-0.4, -0.2) is 26.1 Å². The Labute approximate surface area is 180 Å². The van der Waals surface area contributed by atoms with Gasteiger partial charge < -0.3 is 15.5 Å². The minimum atomic E-state index is 0. The smallest absolute Gasteiger partial charge is 0.191 e. The van der Waals surface area contributed by atoms with Crippen LogP contribution in [0.3, 0.4) is 0 Å². The van der Waals surface area contributed by atoms with Crippen LogP contribution < -0.4 is 15.5 Å². The largest absolute Gasteiger partial charge is 0.372 e. The number of hydrogen-bond donors (Lipinski definition) is 2. The molecule has 1 heterocycles. The predicted octanol–water partition coefficient (Wildman–Crippen LogP) is 4.64. The van der Waals surface area contributed by atoms with Crippen molar-refractivity contribution >= 4 is 35.6 Å². The molecule has 3 rings (SSSR count). The number of aliphatic imine (C=N–C) groups is 1. The van der Waals surface area contributed by atoms with Gasteiger partial charge in [-0.25, -0.2) is 0 Å². The molecule has 27 heavy (non-hydrogen) atoms. The Morgan fingerprint density at radius 2 is 1.85 bits per heavy atom. The lowest BCUT2D eigenvalue weighted by molar-refractivity contribution is 0.685. The molecule has 1 saturated heterocycles. The van der Waals surface area contributed by atoms with E-state index in [9.17, 15) is 0 Å². The monoisotopic (exact) mass is 478 g/mol. The third-order valence-electron chi connectivity index (χ3n) is 4.96. The topological polar surface area (TPSA) is 39.7 Å². The van der Waals surface area contributed by atoms with E-state index in [1.807, 2.05) is 7.05 Å². The zero-order valence-corrected chi connectivity index (χ0v) is 18.9. The Bertz CT molecular complexity index is 753. The highest BCUT2D eigenvalue weighted by Crippen LogP contribution is 2.23. The van der Waals surface area contributed by atoms with Gasteiger partial charge in [-0.1, -0.05) is 42.0 Å². The molecule has 2 aromatic carbocycles. The molecule has 2 aromatic rings. The number of aryl methyl sites for hydroxylation is 1. The van der Waals surface area contributed by atoms with Crippen molar-refractivity contribution in [3.63, 3.8) is 0 Å². The van der Waals surface area contributed by atoms with Crippen LogP contribution in [0.2, 0.25) is 0 Å². The highest BCUT2D eigenvalue weighted by Gasteiger charge is 2.14. The third kappa shape index (κ3) is 6.13. The van der Waals surface area contributed by atoms with Crippen LogP contribution in [0.5, 0.6) is 0 Å². The molecule has 1 atom stereocenters. The second-order valence-corrected chi connectivity index (χ2v) is 7.07. The van der Waals surface area contributed by atoms with Crippen molar-refractivity contribution in [2.75, 3.05) is 25.0 Å². The Morgan fingerprint density at radius 3 is 2.56 bits per heavy atom. The number of anilines is 1. The van der Waals surface area contributed by atoms with Gasteiger partial charge in [0.2, 0.25) is 0 Å². The average Bonchev–Trinajstić information content (AvgIpc) is 3.20. The normalized spacial score (nSPS) is 15.2. The minimum absolute atomic E-state index is 0. The number of halogens is 1. The summed E-state index contributed by atoms with van der Waals surface area (Å²) in [6.07, 6.45) is 2.60. The van der Waals surface area contributed by atoms with Crippen LogP contribution in [0.4, 0.5) is 5.69 Å². The Balaban J connectivity index is 0.00000261. The molecule has 1 unspecified atom stereocenters. The molecule has 1 fully saturated rings. The van der Waals surface area contributed by atoms with E-state index >= 15 is 0 Å². The fraction of sp³-hybridized carbons (Fsp3) is 0.409. The van der Waals surface area contributed by atoms with Crippen molar-refractivity contribution in [2.45, 2.75) is 39.3 Å². The lowest BCUT2D eigenvalue weighted by Crippen LogP contribution is -2.38. The maximum Gasteiger partial charge on any atom is 0.191 e. The Morgan fingerprint density at radius 1 is 1.11 bits per heavy atom. The van der Waals surface area contributed by atoms with Crippen LogP contribution in [0.1, 0.15) is 42.5 Å². The second-order valence-electron chi connectivity index (χ2n) is 7.07. The summed E-state index contributed by atoms with van der Waals surface area (Å²) < 4.78 is 0. The molecule has 4 nitrogen and oxygen atoms in total. The van der Waals surface area contributed by atoms with E-state index in [-0.39, 0.29) is 30.0 Å². The molecular weight excluding hydrogens is 447 g/mol. The lowest BCUT2D eigenvalue weighted by atomic mass is 10.1. The molecule has 0 bridgehead atoms. The summed E-state index contributed by atoms with van der Waals surface area (Å²) in [6, 6.07) is 17.6. The number of nitrogens with zero attached hydrogens (tertiary/aromatic N) is 2. The van der Waals surface area contributed by atoms with Crippen molar-refractivity contribution in [3.05, 3.63) is 65.2 Å². The molecule has 1 aliphatic rings. The summed E-state index contributed by atoms with van der Waals surface area (Å²) >= 11 is 0. The summed E-state index contributed by atoms with van der Waals surface area (Å²) in [6.45, 7) is 7.41. The fourth-order valence-electron chi connectivity index (χ4n) is 3.46. The van der Waals surface area contributed by atoms with E-state index < -0.39 is 0 Å². The van der Waals surface area contributed by atoms with E-state index in [4.69, 9.17) is 0 Å². The SMILES string of the molecule is CN=C(NCc1cccc(C)c1)NC(C)c1cccc(N2CCCC2)c1.I. The zero-order chi connectivity index (χ0) is 18.4. The fourth-order valence-corrected chi connectivity index (χ4v) is 3.46. The predicted molar refractivity (Wildman–Crippen MR) is 126 cm³/mol. The first-order valence-corrected chi connectivity index (χ1v) is 9.53. The first-order chi connectivity index (χ1) is 12.7. The summed E-state index contributed by atoms with van der Waals surface area (Å²) in [5, 5.41) is 6.92. The Kier molecular flexibility index (Phi) is 8.41. The van der Waals surface area contributed by atoms with Crippen molar-refractivity contribution in [2.24, 2.45) is 4.99 Å². The maximum atomic E-state index is 4.37. The van der Waals surface area contributed by atoms with E-state index in [0.29, 0.717) is 0 Å². The third-order valence-corrected chi connectivity index (χ3v) is 4.96. The molecule has 0 aromatic heterocycles. The lowest BCUT2D eigenvalue weighted by Gasteiger charge is -2.22. The molecular formula is C22H31IN4. The molecule has 146 valence electrons. The molecule has 0 spiro atoms. The van der Waals surface area contributed by atoms with E-state index in [0.717, 1.165) is 12.5 Å². The summed E-state index contributed by atoms with van der Waals surface area (Å²) in [7, 11) is 1.82. The van der Waals surface area contributed by atoms with Gasteiger partial charge >= 0.3 is 0 Å². The molecule has 0 saturated carbocycles. The van der Waals surface area contributed by atoms with E-state index in [1.165, 1.54) is 48.3 Å². The molecule has 0 amide bonds. The highest BCUT2D eigenvalue weighted by molar-refractivity contribution is 14.0. The summed E-state index contributed by atoms with van der Waals surface area (Å²) in [5.41, 5.74) is 5.15. The van der Waals surface area contributed by atoms with Gasteiger partial charge in [-0.05, 0) is 49.9 Å². The quantitative estimate of drug-likeness (QED) is 0.374. The summed E-state index contributed by atoms with van der Waals surface area (Å²) in [4.78, 5) is 6.85. The highest BCUT2D eigenvalue weighted by atomic mass is 127. The number of hydrogen-bond acceptors (Lipinski definition) is 2. The first kappa shape index (κ1) is 21.5. The minimum Gasteiger partial charge on any atom is -0.372 e. The van der Waals surface area contributed by atoms with Crippen LogP contribution in [0.15, 0.2) is 53.5 Å². The first-order valence-electron chi connectivity index (χ1n) is 9.53. The number of guanidine groups is 1. The molecule has 1 aliphatic heterocycles. The van der Waals surface area contributed by atoms with Crippen molar-refractivity contribution in [3.8, 4) is 0 Å². The van der Waals surface area contributed by atoms with Gasteiger partial charge in [-0.2, -0.15) is 0 Å². The van der Waals surface area contributed by atoms with Gasteiger partial charge in [0.15, 0.2) is 5.96 Å². The maximum absolute atomic E-state index is 4.37. The van der Waals surface area contributed by atoms with Crippen molar-refractivity contribution in [1.29, 1.82) is 0 Å². The number of benzene rings is 2. The van der Waals surface area contributed by atoms with Crippen LogP contribution in [0, 0.1) is 6.92 Å². The Hall–Kier alpha value is -1.76. The summed E-state index contributed by atoms with van der Waals surface area (Å²) in [5.74, 6) is 0.825. The molecule has 2 N–H and O–H groups in total. The van der Waals surface area contributed by atoms with Gasteiger partial charge in [-0.3, -0.25) is 4.99 Å². The van der Waals surface area contributed by atoms with Gasteiger partial charge in [0.05, 0.1) is 6.04 Å². The standard InChI is InChI=1S/C22H30N4.HI/c1-17-8-6-9-19(14-17)16-24-22(23-3)25-18(2)20-10-7-11-21(15-20)26-12-4-5-13-26;/h6-11,14-15,18H,4-5,12-13,16H2,1-3H3,(H2,23,24,25);1H. The molecule has 0 radical (unpaired) electrons. The average molecular weight is 478 g/mol. The number of rotatable bonds is 5. The van der Waals surface area contributed by atoms with Crippen LogP contribution >= 0.6 is 24.0 Å². The molecule has 5 heteroatoms. The van der Waals surface area contributed by atoms with Gasteiger partial charge in [-0.15, -0.1) is 24.0 Å². The number of nitrogens with one attached hydrogen (secondary N) is 2. The van der Waals surface area contributed by atoms with Crippen LogP contribution in [-0.2, 0) is 6.54 Å². The van der Waals surface area contributed by atoms with Crippen LogP contribution in [0.25, 0.3) is 0 Å².